The SMILES string of the molecule is CC1CCN(c2ccc(C(C)n3ncc4nc(-n5cc(C(=O)O)cn5)[nH]c(=O)c43)cc2)CC1. The maximum atomic E-state index is 12.9. The van der Waals surface area contributed by atoms with Crippen LogP contribution in [0.25, 0.3) is 17.0 Å². The van der Waals surface area contributed by atoms with Gasteiger partial charge in [-0.25, -0.2) is 14.5 Å². The zero-order valence-corrected chi connectivity index (χ0v) is 18.5. The van der Waals surface area contributed by atoms with Gasteiger partial charge >= 0.3 is 5.97 Å². The second-order valence-corrected chi connectivity index (χ2v) is 8.63. The number of fused-ring (bicyclic) bond motifs is 1. The number of rotatable bonds is 5. The summed E-state index contributed by atoms with van der Waals surface area (Å²) in [6, 6.07) is 8.25. The first kappa shape index (κ1) is 20.9. The Morgan fingerprint density at radius 3 is 2.55 bits per heavy atom. The number of hydrogen-bond donors (Lipinski definition) is 2. The van der Waals surface area contributed by atoms with Gasteiger partial charge in [0.25, 0.3) is 5.56 Å². The van der Waals surface area contributed by atoms with Crippen molar-refractivity contribution in [3.63, 3.8) is 0 Å². The van der Waals surface area contributed by atoms with Crippen molar-refractivity contribution in [1.29, 1.82) is 0 Å². The number of anilines is 1. The van der Waals surface area contributed by atoms with E-state index in [1.807, 2.05) is 6.92 Å². The summed E-state index contributed by atoms with van der Waals surface area (Å²) in [4.78, 5) is 33.5. The fourth-order valence-corrected chi connectivity index (χ4v) is 4.28. The third-order valence-electron chi connectivity index (χ3n) is 6.38. The third-order valence-corrected chi connectivity index (χ3v) is 6.38. The van der Waals surface area contributed by atoms with Crippen LogP contribution in [0.3, 0.4) is 0 Å². The van der Waals surface area contributed by atoms with Crippen molar-refractivity contribution in [2.24, 2.45) is 5.92 Å². The number of benzene rings is 1. The molecular weight excluding hydrogens is 422 g/mol. The minimum atomic E-state index is -1.10. The van der Waals surface area contributed by atoms with Crippen molar-refractivity contribution in [3.8, 4) is 5.95 Å². The van der Waals surface area contributed by atoms with Gasteiger partial charge < -0.3 is 10.0 Å². The molecule has 0 spiro atoms. The van der Waals surface area contributed by atoms with E-state index in [4.69, 9.17) is 5.11 Å². The number of carbonyl (C=O) groups is 1. The van der Waals surface area contributed by atoms with Crippen LogP contribution in [-0.2, 0) is 0 Å². The van der Waals surface area contributed by atoms with Gasteiger partial charge in [-0.1, -0.05) is 19.1 Å². The molecule has 0 amide bonds. The fraction of sp³-hybridized carbons (Fsp3) is 0.348. The normalized spacial score (nSPS) is 15.8. The van der Waals surface area contributed by atoms with Crippen LogP contribution in [0.2, 0.25) is 0 Å². The molecule has 4 aromatic rings. The summed E-state index contributed by atoms with van der Waals surface area (Å²) >= 11 is 0. The Kier molecular flexibility index (Phi) is 5.20. The van der Waals surface area contributed by atoms with E-state index >= 15 is 0 Å². The van der Waals surface area contributed by atoms with Gasteiger partial charge in [0.05, 0.1) is 24.0 Å². The fourth-order valence-electron chi connectivity index (χ4n) is 4.28. The first-order valence-electron chi connectivity index (χ1n) is 11.0. The van der Waals surface area contributed by atoms with Crippen LogP contribution in [0, 0.1) is 5.92 Å². The molecule has 1 saturated heterocycles. The Bertz CT molecular complexity index is 1360. The summed E-state index contributed by atoms with van der Waals surface area (Å²) in [6.45, 7) is 6.45. The molecule has 10 heteroatoms. The number of hydrogen-bond acceptors (Lipinski definition) is 6. The van der Waals surface area contributed by atoms with Crippen molar-refractivity contribution in [1.82, 2.24) is 29.5 Å². The Hall–Kier alpha value is -3.95. The van der Waals surface area contributed by atoms with E-state index in [-0.39, 0.29) is 23.1 Å². The first-order valence-corrected chi connectivity index (χ1v) is 11.0. The summed E-state index contributed by atoms with van der Waals surface area (Å²) in [7, 11) is 0. The van der Waals surface area contributed by atoms with Crippen LogP contribution in [0.15, 0.2) is 47.7 Å². The Labute approximate surface area is 189 Å². The molecule has 170 valence electrons. The number of nitrogens with zero attached hydrogens (tertiary/aromatic N) is 6. The number of aromatic carboxylic acids is 1. The minimum absolute atomic E-state index is 0.00424. The van der Waals surface area contributed by atoms with Gasteiger partial charge in [-0.15, -0.1) is 0 Å². The molecular formula is C23H25N7O3. The molecule has 1 aliphatic rings. The molecule has 10 nitrogen and oxygen atoms in total. The van der Waals surface area contributed by atoms with Crippen molar-refractivity contribution < 1.29 is 9.90 Å². The molecule has 0 radical (unpaired) electrons. The third kappa shape index (κ3) is 3.88. The molecule has 1 fully saturated rings. The average Bonchev–Trinajstić information content (AvgIpc) is 3.47. The lowest BCUT2D eigenvalue weighted by molar-refractivity contribution is 0.0697. The highest BCUT2D eigenvalue weighted by atomic mass is 16.4. The number of carboxylic acid groups (broad SMARTS) is 1. The van der Waals surface area contributed by atoms with Gasteiger partial charge in [0.15, 0.2) is 5.52 Å². The highest BCUT2D eigenvalue weighted by Gasteiger charge is 2.19. The highest BCUT2D eigenvalue weighted by molar-refractivity contribution is 5.87. The van der Waals surface area contributed by atoms with E-state index in [1.165, 1.54) is 41.8 Å². The van der Waals surface area contributed by atoms with Crippen LogP contribution in [0.5, 0.6) is 0 Å². The topological polar surface area (TPSA) is 122 Å². The molecule has 1 unspecified atom stereocenters. The quantitative estimate of drug-likeness (QED) is 0.482. The van der Waals surface area contributed by atoms with E-state index < -0.39 is 5.97 Å². The van der Waals surface area contributed by atoms with Crippen LogP contribution >= 0.6 is 0 Å². The van der Waals surface area contributed by atoms with Crippen molar-refractivity contribution in [2.75, 3.05) is 18.0 Å². The van der Waals surface area contributed by atoms with Gasteiger partial charge in [0.1, 0.15) is 5.52 Å². The van der Waals surface area contributed by atoms with Crippen molar-refractivity contribution in [3.05, 3.63) is 64.3 Å². The molecule has 0 aliphatic carbocycles. The van der Waals surface area contributed by atoms with Crippen molar-refractivity contribution in [2.45, 2.75) is 32.7 Å². The molecule has 0 saturated carbocycles. The van der Waals surface area contributed by atoms with Gasteiger partial charge in [-0.3, -0.25) is 14.5 Å². The molecule has 1 aromatic carbocycles. The zero-order valence-electron chi connectivity index (χ0n) is 18.5. The smallest absolute Gasteiger partial charge is 0.338 e. The summed E-state index contributed by atoms with van der Waals surface area (Å²) in [5.41, 5.74) is 2.65. The predicted molar refractivity (Wildman–Crippen MR) is 123 cm³/mol. The average molecular weight is 447 g/mol. The maximum absolute atomic E-state index is 12.9. The summed E-state index contributed by atoms with van der Waals surface area (Å²) in [6.07, 6.45) is 6.46. The predicted octanol–water partition coefficient (Wildman–Crippen LogP) is 2.85. The summed E-state index contributed by atoms with van der Waals surface area (Å²) < 4.78 is 2.89. The second kappa shape index (κ2) is 8.19. The standard InChI is InChI=1S/C23H25N7O3/c1-14-7-9-28(10-8-14)18-5-3-16(4-6-18)15(2)30-20-19(12-25-30)26-23(27-21(20)31)29-13-17(11-24-29)22(32)33/h3-6,11-15H,7-10H2,1-2H3,(H,32,33)(H,26,27,31). The van der Waals surface area contributed by atoms with Crippen LogP contribution in [0.1, 0.15) is 48.7 Å². The largest absolute Gasteiger partial charge is 0.478 e. The Balaban J connectivity index is 1.42. The molecule has 4 heterocycles. The second-order valence-electron chi connectivity index (χ2n) is 8.63. The van der Waals surface area contributed by atoms with E-state index in [9.17, 15) is 9.59 Å². The van der Waals surface area contributed by atoms with Crippen molar-refractivity contribution >= 4 is 22.7 Å². The lowest BCUT2D eigenvalue weighted by Gasteiger charge is -2.32. The van der Waals surface area contributed by atoms with Crippen LogP contribution in [0.4, 0.5) is 5.69 Å². The molecule has 0 bridgehead atoms. The number of carboxylic acids is 1. The minimum Gasteiger partial charge on any atom is -0.478 e. The Morgan fingerprint density at radius 1 is 1.15 bits per heavy atom. The highest BCUT2D eigenvalue weighted by Crippen LogP contribution is 2.26. The summed E-state index contributed by atoms with van der Waals surface area (Å²) in [5.74, 6) is -0.187. The number of nitrogens with one attached hydrogen (secondary N) is 1. The van der Waals surface area contributed by atoms with E-state index in [2.05, 4.69) is 56.3 Å². The number of aromatic nitrogens is 6. The monoisotopic (exact) mass is 447 g/mol. The maximum Gasteiger partial charge on any atom is 0.338 e. The van der Waals surface area contributed by atoms with Gasteiger partial charge in [-0.2, -0.15) is 10.2 Å². The van der Waals surface area contributed by atoms with Gasteiger partial charge in [0.2, 0.25) is 5.95 Å². The molecule has 2 N–H and O–H groups in total. The molecule has 1 aliphatic heterocycles. The molecule has 1 atom stereocenters. The number of H-pyrrole nitrogens is 1. The van der Waals surface area contributed by atoms with E-state index in [1.54, 1.807) is 4.68 Å². The van der Waals surface area contributed by atoms with Gasteiger partial charge in [-0.05, 0) is 43.4 Å². The van der Waals surface area contributed by atoms with Crippen LogP contribution < -0.4 is 10.5 Å². The number of aromatic amines is 1. The zero-order chi connectivity index (χ0) is 23.1. The first-order chi connectivity index (χ1) is 15.9. The number of piperidine rings is 1. The molecule has 3 aromatic heterocycles. The van der Waals surface area contributed by atoms with Gasteiger partial charge in [0, 0.05) is 25.0 Å². The molecule has 33 heavy (non-hydrogen) atoms. The summed E-state index contributed by atoms with van der Waals surface area (Å²) in [5, 5.41) is 17.5. The molecule has 5 rings (SSSR count). The lowest BCUT2D eigenvalue weighted by Crippen LogP contribution is -2.32. The Morgan fingerprint density at radius 2 is 1.88 bits per heavy atom. The van der Waals surface area contributed by atoms with Crippen LogP contribution in [-0.4, -0.2) is 53.7 Å². The van der Waals surface area contributed by atoms with E-state index in [0.717, 1.165) is 24.6 Å². The van der Waals surface area contributed by atoms with E-state index in [0.29, 0.717) is 11.0 Å². The lowest BCUT2D eigenvalue weighted by atomic mass is 9.98.